The van der Waals surface area contributed by atoms with E-state index in [1.807, 2.05) is 35.5 Å². The number of amides is 1. The van der Waals surface area contributed by atoms with Crippen molar-refractivity contribution in [2.45, 2.75) is 51.1 Å². The Balaban J connectivity index is 1.38. The summed E-state index contributed by atoms with van der Waals surface area (Å²) in [4.78, 5) is 20.5. The Morgan fingerprint density at radius 3 is 2.41 bits per heavy atom. The fourth-order valence-corrected chi connectivity index (χ4v) is 5.73. The fourth-order valence-electron chi connectivity index (χ4n) is 5.73. The van der Waals surface area contributed by atoms with E-state index in [4.69, 9.17) is 14.6 Å². The maximum Gasteiger partial charge on any atom is 0.246 e. The van der Waals surface area contributed by atoms with Crippen molar-refractivity contribution < 1.29 is 14.3 Å². The first-order valence-electron chi connectivity index (χ1n) is 12.4. The van der Waals surface area contributed by atoms with E-state index in [0.29, 0.717) is 11.5 Å². The topological polar surface area (TPSA) is 67.3 Å². The van der Waals surface area contributed by atoms with Crippen LogP contribution in [-0.2, 0) is 11.3 Å². The number of likely N-dealkylation sites (tertiary alicyclic amines) is 1. The van der Waals surface area contributed by atoms with E-state index in [1.165, 1.54) is 0 Å². The number of hydrogen-bond donors (Lipinski definition) is 0. The molecule has 1 amide bonds. The molecule has 34 heavy (non-hydrogen) atoms. The van der Waals surface area contributed by atoms with Crippen LogP contribution in [0, 0.1) is 11.8 Å². The molecule has 2 fully saturated rings. The summed E-state index contributed by atoms with van der Waals surface area (Å²) >= 11 is 0. The maximum atomic E-state index is 13.6. The molecule has 7 heteroatoms. The van der Waals surface area contributed by atoms with E-state index in [1.54, 1.807) is 14.2 Å². The Morgan fingerprint density at radius 1 is 0.941 bits per heavy atom. The maximum absolute atomic E-state index is 13.6. The number of methoxy groups -OCH3 is 2. The van der Waals surface area contributed by atoms with Crippen molar-refractivity contribution >= 4 is 11.6 Å². The van der Waals surface area contributed by atoms with Crippen LogP contribution in [0.5, 0.6) is 11.5 Å². The summed E-state index contributed by atoms with van der Waals surface area (Å²) in [5.41, 5.74) is 3.15. The second-order valence-corrected chi connectivity index (χ2v) is 9.56. The zero-order valence-electron chi connectivity index (χ0n) is 20.2. The minimum Gasteiger partial charge on any atom is -0.493 e. The largest absolute Gasteiger partial charge is 0.493 e. The number of carbonyl (C=O) groups excluding carboxylic acids is 1. The molecule has 3 heterocycles. The van der Waals surface area contributed by atoms with E-state index in [9.17, 15) is 4.79 Å². The second-order valence-electron chi connectivity index (χ2n) is 9.56. The Morgan fingerprint density at radius 2 is 1.71 bits per heavy atom. The monoisotopic (exact) mass is 462 g/mol. The number of fused-ring (bicyclic) bond motifs is 1. The summed E-state index contributed by atoms with van der Waals surface area (Å²) in [5.74, 6) is 1.83. The predicted octanol–water partition coefficient (Wildman–Crippen LogP) is 4.12. The number of pyridine rings is 1. The highest BCUT2D eigenvalue weighted by atomic mass is 16.5. The number of rotatable bonds is 6. The SMILES string of the molecule is COc1ccc(C2=NN(C3CCN(Cc4ccccn4)CC3)C(=O)C3CCCCC23)cc1OC. The molecule has 1 aromatic heterocycles. The van der Waals surface area contributed by atoms with Crippen molar-refractivity contribution in [3.05, 3.63) is 53.9 Å². The number of aromatic nitrogens is 1. The third-order valence-corrected chi connectivity index (χ3v) is 7.57. The molecule has 2 aliphatic heterocycles. The standard InChI is InChI=1S/C27H34N4O3/c1-33-24-11-10-19(17-25(24)34-2)26-22-8-3-4-9-23(22)27(32)31(29-26)21-12-15-30(16-13-21)18-20-7-5-6-14-28-20/h5-7,10-11,14,17,21-23H,3-4,8-9,12-13,15-16,18H2,1-2H3. The number of hydrazone groups is 1. The van der Waals surface area contributed by atoms with E-state index in [-0.39, 0.29) is 23.8 Å². The van der Waals surface area contributed by atoms with Gasteiger partial charge in [-0.2, -0.15) is 5.10 Å². The number of piperidine rings is 1. The molecule has 1 saturated carbocycles. The van der Waals surface area contributed by atoms with Gasteiger partial charge >= 0.3 is 0 Å². The van der Waals surface area contributed by atoms with Crippen LogP contribution in [0.2, 0.25) is 0 Å². The lowest BCUT2D eigenvalue weighted by atomic mass is 9.73. The molecule has 2 unspecified atom stereocenters. The average molecular weight is 463 g/mol. The quantitative estimate of drug-likeness (QED) is 0.646. The fraction of sp³-hybridized carbons (Fsp3) is 0.519. The normalized spacial score (nSPS) is 23.9. The molecule has 3 aliphatic rings. The zero-order valence-corrected chi connectivity index (χ0v) is 20.2. The van der Waals surface area contributed by atoms with E-state index >= 15 is 0 Å². The minimum atomic E-state index is 0.0286. The molecule has 2 atom stereocenters. The first kappa shape index (κ1) is 22.8. The molecule has 1 aromatic carbocycles. The number of nitrogens with zero attached hydrogens (tertiary/aromatic N) is 4. The second kappa shape index (κ2) is 10.1. The van der Waals surface area contributed by atoms with Gasteiger partial charge in [0.25, 0.3) is 0 Å². The average Bonchev–Trinajstić information content (AvgIpc) is 2.90. The lowest BCUT2D eigenvalue weighted by Gasteiger charge is -2.43. The van der Waals surface area contributed by atoms with Gasteiger partial charge in [-0.1, -0.05) is 18.9 Å². The van der Waals surface area contributed by atoms with E-state index in [0.717, 1.165) is 75.1 Å². The van der Waals surface area contributed by atoms with Gasteiger partial charge in [0.2, 0.25) is 5.91 Å². The van der Waals surface area contributed by atoms with Gasteiger partial charge in [-0.15, -0.1) is 0 Å². The van der Waals surface area contributed by atoms with Gasteiger partial charge in [-0.25, -0.2) is 5.01 Å². The van der Waals surface area contributed by atoms with Gasteiger partial charge < -0.3 is 9.47 Å². The molecule has 2 aromatic rings. The third kappa shape index (κ3) is 4.53. The minimum absolute atomic E-state index is 0.0286. The Hall–Kier alpha value is -2.93. The summed E-state index contributed by atoms with van der Waals surface area (Å²) in [6, 6.07) is 12.2. The molecule has 5 rings (SSSR count). The van der Waals surface area contributed by atoms with Crippen molar-refractivity contribution in [1.82, 2.24) is 14.9 Å². The third-order valence-electron chi connectivity index (χ3n) is 7.57. The van der Waals surface area contributed by atoms with Crippen LogP contribution in [0.1, 0.15) is 49.8 Å². The van der Waals surface area contributed by atoms with Gasteiger partial charge in [0.1, 0.15) is 0 Å². The van der Waals surface area contributed by atoms with Crippen LogP contribution in [0.3, 0.4) is 0 Å². The Bertz CT molecular complexity index is 1030. The molecule has 7 nitrogen and oxygen atoms in total. The van der Waals surface area contributed by atoms with Gasteiger partial charge in [-0.05, 0) is 56.0 Å². The summed E-state index contributed by atoms with van der Waals surface area (Å²) in [5, 5.41) is 6.90. The first-order chi connectivity index (χ1) is 16.7. The molecular formula is C27H34N4O3. The predicted molar refractivity (Wildman–Crippen MR) is 131 cm³/mol. The van der Waals surface area contributed by atoms with Crippen LogP contribution >= 0.6 is 0 Å². The first-order valence-corrected chi connectivity index (χ1v) is 12.4. The van der Waals surface area contributed by atoms with Gasteiger partial charge in [-0.3, -0.25) is 14.7 Å². The van der Waals surface area contributed by atoms with Crippen LogP contribution in [0.4, 0.5) is 0 Å². The highest BCUT2D eigenvalue weighted by Crippen LogP contribution is 2.40. The summed E-state index contributed by atoms with van der Waals surface area (Å²) in [6.07, 6.45) is 7.93. The summed E-state index contributed by atoms with van der Waals surface area (Å²) in [6.45, 7) is 2.74. The Labute approximate surface area is 201 Å². The zero-order chi connectivity index (χ0) is 23.5. The van der Waals surface area contributed by atoms with Crippen LogP contribution in [0.15, 0.2) is 47.7 Å². The molecule has 0 radical (unpaired) electrons. The number of hydrogen-bond acceptors (Lipinski definition) is 6. The lowest BCUT2D eigenvalue weighted by molar-refractivity contribution is -0.142. The van der Waals surface area contributed by atoms with Crippen molar-refractivity contribution in [1.29, 1.82) is 0 Å². The van der Waals surface area contributed by atoms with Crippen LogP contribution in [0.25, 0.3) is 0 Å². The van der Waals surface area contributed by atoms with Gasteiger partial charge in [0.15, 0.2) is 11.5 Å². The molecule has 180 valence electrons. The molecule has 0 bridgehead atoms. The molecule has 0 N–H and O–H groups in total. The number of ether oxygens (including phenoxy) is 2. The van der Waals surface area contributed by atoms with Crippen LogP contribution < -0.4 is 9.47 Å². The number of carbonyl (C=O) groups is 1. The van der Waals surface area contributed by atoms with E-state index in [2.05, 4.69) is 22.0 Å². The van der Waals surface area contributed by atoms with Crippen LogP contribution in [-0.4, -0.2) is 59.9 Å². The number of benzene rings is 1. The summed E-state index contributed by atoms with van der Waals surface area (Å²) < 4.78 is 11.0. The molecule has 1 aliphatic carbocycles. The van der Waals surface area contributed by atoms with Gasteiger partial charge in [0, 0.05) is 43.2 Å². The van der Waals surface area contributed by atoms with Gasteiger partial charge in [0.05, 0.1) is 31.7 Å². The van der Waals surface area contributed by atoms with E-state index < -0.39 is 0 Å². The Kier molecular flexibility index (Phi) is 6.81. The highest BCUT2D eigenvalue weighted by Gasteiger charge is 2.43. The molecule has 1 saturated heterocycles. The van der Waals surface area contributed by atoms with Crippen molar-refractivity contribution in [2.75, 3.05) is 27.3 Å². The van der Waals surface area contributed by atoms with Crippen molar-refractivity contribution in [3.63, 3.8) is 0 Å². The smallest absolute Gasteiger partial charge is 0.246 e. The lowest BCUT2D eigenvalue weighted by Crippen LogP contribution is -2.52. The molecular weight excluding hydrogens is 428 g/mol. The highest BCUT2D eigenvalue weighted by molar-refractivity contribution is 6.07. The molecule has 0 spiro atoms. The van der Waals surface area contributed by atoms with Crippen molar-refractivity contribution in [2.24, 2.45) is 16.9 Å². The van der Waals surface area contributed by atoms with Crippen molar-refractivity contribution in [3.8, 4) is 11.5 Å². The summed E-state index contributed by atoms with van der Waals surface area (Å²) in [7, 11) is 3.30.